The number of ether oxygens (including phenoxy) is 2. The predicted octanol–water partition coefficient (Wildman–Crippen LogP) is 4.28. The highest BCUT2D eigenvalue weighted by Crippen LogP contribution is 2.32. The highest BCUT2D eigenvalue weighted by Gasteiger charge is 2.19. The van der Waals surface area contributed by atoms with E-state index in [0.29, 0.717) is 19.8 Å². The smallest absolute Gasteiger partial charge is 0.234 e. The number of nitrogens with one attached hydrogen (secondary N) is 1. The number of carbonyl (C=O) groups is 1. The minimum Gasteiger partial charge on any atom is -0.490 e. The molecule has 0 saturated carbocycles. The van der Waals surface area contributed by atoms with Crippen molar-refractivity contribution in [2.24, 2.45) is 0 Å². The van der Waals surface area contributed by atoms with Crippen molar-refractivity contribution in [3.05, 3.63) is 59.2 Å². The summed E-state index contributed by atoms with van der Waals surface area (Å²) in [7, 11) is 0. The first-order valence-electron chi connectivity index (χ1n) is 9.39. The van der Waals surface area contributed by atoms with Crippen LogP contribution in [0.3, 0.4) is 0 Å². The van der Waals surface area contributed by atoms with Gasteiger partial charge in [-0.1, -0.05) is 50.6 Å². The van der Waals surface area contributed by atoms with Gasteiger partial charge in [-0.3, -0.25) is 4.79 Å². The summed E-state index contributed by atoms with van der Waals surface area (Å²) in [6.45, 7) is 9.82. The van der Waals surface area contributed by atoms with E-state index in [1.54, 1.807) is 0 Å². The molecule has 0 heterocycles. The van der Waals surface area contributed by atoms with Crippen LogP contribution in [0.4, 0.5) is 0 Å². The van der Waals surface area contributed by atoms with E-state index in [1.807, 2.05) is 36.4 Å². The van der Waals surface area contributed by atoms with Crippen LogP contribution in [0.5, 0.6) is 11.5 Å². The molecule has 1 amide bonds. The average Bonchev–Trinajstić information content (AvgIpc) is 2.64. The van der Waals surface area contributed by atoms with Gasteiger partial charge < -0.3 is 14.8 Å². The van der Waals surface area contributed by atoms with E-state index in [1.165, 1.54) is 11.1 Å². The second-order valence-electron chi connectivity index (χ2n) is 7.71. The zero-order valence-electron chi connectivity index (χ0n) is 17.0. The number of benzene rings is 2. The molecule has 0 fully saturated rings. The van der Waals surface area contributed by atoms with Gasteiger partial charge in [-0.2, -0.15) is 5.26 Å². The van der Waals surface area contributed by atoms with Crippen LogP contribution in [-0.2, 0) is 16.8 Å². The number of hydrogen-bond acceptors (Lipinski definition) is 4. The van der Waals surface area contributed by atoms with Crippen LogP contribution in [0, 0.1) is 18.3 Å². The lowest BCUT2D eigenvalue weighted by molar-refractivity contribution is -0.120. The topological polar surface area (TPSA) is 71.3 Å². The van der Waals surface area contributed by atoms with Gasteiger partial charge in [-0.15, -0.1) is 0 Å². The lowest BCUT2D eigenvalue weighted by Crippen LogP contribution is -2.21. The predicted molar refractivity (Wildman–Crippen MR) is 109 cm³/mol. The Labute approximate surface area is 167 Å². The molecule has 148 valence electrons. The zero-order chi connectivity index (χ0) is 20.6. The van der Waals surface area contributed by atoms with Gasteiger partial charge in [0, 0.05) is 6.54 Å². The van der Waals surface area contributed by atoms with E-state index in [-0.39, 0.29) is 17.7 Å². The van der Waals surface area contributed by atoms with E-state index in [4.69, 9.17) is 14.7 Å². The normalized spacial score (nSPS) is 10.8. The molecular weight excluding hydrogens is 352 g/mol. The molecular formula is C23H28N2O3. The number of nitriles is 1. The Morgan fingerprint density at radius 3 is 2.57 bits per heavy atom. The van der Waals surface area contributed by atoms with Crippen LogP contribution in [-0.4, -0.2) is 19.1 Å². The lowest BCUT2D eigenvalue weighted by Gasteiger charge is -2.23. The zero-order valence-corrected chi connectivity index (χ0v) is 17.0. The lowest BCUT2D eigenvalue weighted by atomic mass is 9.85. The summed E-state index contributed by atoms with van der Waals surface area (Å²) in [6.07, 6.45) is -0.136. The third-order valence-electron chi connectivity index (χ3n) is 4.18. The Morgan fingerprint density at radius 2 is 1.86 bits per heavy atom. The summed E-state index contributed by atoms with van der Waals surface area (Å²) in [4.78, 5) is 11.4. The highest BCUT2D eigenvalue weighted by molar-refractivity contribution is 5.77. The van der Waals surface area contributed by atoms with Crippen molar-refractivity contribution >= 4 is 5.91 Å². The van der Waals surface area contributed by atoms with Gasteiger partial charge in [0.25, 0.3) is 0 Å². The molecule has 5 nitrogen and oxygen atoms in total. The molecule has 0 atom stereocenters. The molecule has 0 aliphatic carbocycles. The second-order valence-corrected chi connectivity index (χ2v) is 7.71. The Bertz CT molecular complexity index is 848. The van der Waals surface area contributed by atoms with Crippen molar-refractivity contribution in [3.63, 3.8) is 0 Å². The molecule has 2 aromatic rings. The van der Waals surface area contributed by atoms with Crippen LogP contribution >= 0.6 is 0 Å². The molecule has 0 aliphatic heterocycles. The maximum absolute atomic E-state index is 11.4. The third kappa shape index (κ3) is 6.62. The molecule has 2 rings (SSSR count). The largest absolute Gasteiger partial charge is 0.490 e. The third-order valence-corrected chi connectivity index (χ3v) is 4.18. The molecule has 0 radical (unpaired) electrons. The first kappa shape index (κ1) is 21.3. The summed E-state index contributed by atoms with van der Waals surface area (Å²) >= 11 is 0. The van der Waals surface area contributed by atoms with Crippen molar-refractivity contribution in [3.8, 4) is 17.6 Å². The molecule has 0 aromatic heterocycles. The quantitative estimate of drug-likeness (QED) is 0.694. The van der Waals surface area contributed by atoms with Crippen molar-refractivity contribution < 1.29 is 14.3 Å². The Hall–Kier alpha value is -3.00. The summed E-state index contributed by atoms with van der Waals surface area (Å²) in [5.41, 5.74) is 3.32. The Balaban J connectivity index is 1.87. The molecule has 0 saturated heterocycles. The maximum Gasteiger partial charge on any atom is 0.234 e. The molecule has 0 bridgehead atoms. The molecule has 0 aliphatic rings. The van der Waals surface area contributed by atoms with Crippen LogP contribution in [0.2, 0.25) is 0 Å². The van der Waals surface area contributed by atoms with Gasteiger partial charge in [0.15, 0.2) is 0 Å². The number of nitrogens with zero attached hydrogens (tertiary/aromatic N) is 1. The van der Waals surface area contributed by atoms with Crippen LogP contribution in [0.15, 0.2) is 42.5 Å². The first-order chi connectivity index (χ1) is 13.3. The van der Waals surface area contributed by atoms with Gasteiger partial charge in [0.1, 0.15) is 31.1 Å². The molecule has 2 aromatic carbocycles. The van der Waals surface area contributed by atoms with Crippen LogP contribution < -0.4 is 14.8 Å². The van der Waals surface area contributed by atoms with Gasteiger partial charge in [0.05, 0.1) is 6.07 Å². The number of rotatable bonds is 8. The highest BCUT2D eigenvalue weighted by atomic mass is 16.5. The van der Waals surface area contributed by atoms with E-state index in [0.717, 1.165) is 17.1 Å². The fourth-order valence-corrected chi connectivity index (χ4v) is 2.75. The van der Waals surface area contributed by atoms with Gasteiger partial charge in [-0.05, 0) is 41.7 Å². The fourth-order valence-electron chi connectivity index (χ4n) is 2.75. The van der Waals surface area contributed by atoms with E-state index < -0.39 is 0 Å². The summed E-state index contributed by atoms with van der Waals surface area (Å²) in [5, 5.41) is 11.2. The fraction of sp³-hybridized carbons (Fsp3) is 0.391. The Kier molecular flexibility index (Phi) is 7.45. The van der Waals surface area contributed by atoms with Crippen molar-refractivity contribution in [1.82, 2.24) is 5.32 Å². The monoisotopic (exact) mass is 380 g/mol. The standard InChI is InChI=1S/C23H28N2O3/c1-17-8-9-21(20(14-17)23(2,3)4)28-13-12-27-19-7-5-6-18(15-19)16-25-22(26)10-11-24/h5-9,14-15H,10,12-13,16H2,1-4H3,(H,25,26). The SMILES string of the molecule is Cc1ccc(OCCOc2cccc(CNC(=O)CC#N)c2)c(C(C)(C)C)c1. The van der Waals surface area contributed by atoms with Gasteiger partial charge in [0.2, 0.25) is 5.91 Å². The number of carbonyl (C=O) groups excluding carboxylic acids is 1. The molecule has 28 heavy (non-hydrogen) atoms. The van der Waals surface area contributed by atoms with E-state index in [2.05, 4.69) is 45.1 Å². The minimum absolute atomic E-state index is 0.00647. The molecule has 0 unspecified atom stereocenters. The number of amides is 1. The van der Waals surface area contributed by atoms with E-state index >= 15 is 0 Å². The summed E-state index contributed by atoms with van der Waals surface area (Å²) in [5.74, 6) is 1.32. The maximum atomic E-state index is 11.4. The van der Waals surface area contributed by atoms with Crippen molar-refractivity contribution in [2.45, 2.75) is 46.1 Å². The van der Waals surface area contributed by atoms with Crippen LogP contribution in [0.1, 0.15) is 43.9 Å². The summed E-state index contributed by atoms with van der Waals surface area (Å²) in [6, 6.07) is 15.6. The van der Waals surface area contributed by atoms with Crippen molar-refractivity contribution in [2.75, 3.05) is 13.2 Å². The molecule has 0 spiro atoms. The van der Waals surface area contributed by atoms with Gasteiger partial charge >= 0.3 is 0 Å². The number of aryl methyl sites for hydroxylation is 1. The molecule has 5 heteroatoms. The average molecular weight is 380 g/mol. The minimum atomic E-state index is -0.282. The number of hydrogen-bond donors (Lipinski definition) is 1. The van der Waals surface area contributed by atoms with Crippen molar-refractivity contribution in [1.29, 1.82) is 5.26 Å². The Morgan fingerprint density at radius 1 is 1.11 bits per heavy atom. The summed E-state index contributed by atoms with van der Waals surface area (Å²) < 4.78 is 11.7. The van der Waals surface area contributed by atoms with Gasteiger partial charge in [-0.25, -0.2) is 0 Å². The van der Waals surface area contributed by atoms with Crippen LogP contribution in [0.25, 0.3) is 0 Å². The molecule has 1 N–H and O–H groups in total. The second kappa shape index (κ2) is 9.80. The van der Waals surface area contributed by atoms with E-state index in [9.17, 15) is 4.79 Å². The first-order valence-corrected chi connectivity index (χ1v) is 9.39.